The van der Waals surface area contributed by atoms with E-state index in [0.717, 1.165) is 12.8 Å². The van der Waals surface area contributed by atoms with Gasteiger partial charge in [0.1, 0.15) is 17.9 Å². The van der Waals surface area contributed by atoms with Crippen molar-refractivity contribution in [1.82, 2.24) is 10.5 Å². The summed E-state index contributed by atoms with van der Waals surface area (Å²) >= 11 is 0. The van der Waals surface area contributed by atoms with Crippen LogP contribution in [0.25, 0.3) is 0 Å². The second-order valence-electron chi connectivity index (χ2n) is 5.38. The monoisotopic (exact) mass is 266 g/mol. The lowest BCUT2D eigenvalue weighted by molar-refractivity contribution is -0.139. The van der Waals surface area contributed by atoms with Crippen molar-refractivity contribution in [2.75, 3.05) is 0 Å². The lowest BCUT2D eigenvalue weighted by Gasteiger charge is -2.16. The van der Waals surface area contributed by atoms with Crippen LogP contribution >= 0.6 is 0 Å². The number of aromatic nitrogens is 1. The fourth-order valence-electron chi connectivity index (χ4n) is 2.00. The molecule has 19 heavy (non-hydrogen) atoms. The van der Waals surface area contributed by atoms with Gasteiger partial charge in [-0.3, -0.25) is 4.79 Å². The van der Waals surface area contributed by atoms with E-state index in [1.807, 2.05) is 13.8 Å². The van der Waals surface area contributed by atoms with Gasteiger partial charge in [0.2, 0.25) is 0 Å². The van der Waals surface area contributed by atoms with Gasteiger partial charge in [0.05, 0.1) is 5.69 Å². The zero-order valence-corrected chi connectivity index (χ0v) is 11.0. The number of hydrogen-bond donors (Lipinski definition) is 2. The molecule has 0 spiro atoms. The van der Waals surface area contributed by atoms with Crippen LogP contribution < -0.4 is 5.32 Å². The highest BCUT2D eigenvalue weighted by Crippen LogP contribution is 2.40. The Bertz CT molecular complexity index is 477. The lowest BCUT2D eigenvalue weighted by atomic mass is 10.0. The third kappa shape index (κ3) is 3.33. The first-order chi connectivity index (χ1) is 8.99. The van der Waals surface area contributed by atoms with Crippen molar-refractivity contribution < 1.29 is 19.2 Å². The Kier molecular flexibility index (Phi) is 3.87. The number of carbonyl (C=O) groups is 2. The van der Waals surface area contributed by atoms with E-state index >= 15 is 0 Å². The molecule has 0 unspecified atom stereocenters. The van der Waals surface area contributed by atoms with Crippen LogP contribution in [-0.2, 0) is 4.79 Å². The summed E-state index contributed by atoms with van der Waals surface area (Å²) in [6.45, 7) is 3.83. The fourth-order valence-corrected chi connectivity index (χ4v) is 2.00. The molecule has 1 heterocycles. The van der Waals surface area contributed by atoms with E-state index in [4.69, 9.17) is 9.63 Å². The second kappa shape index (κ2) is 5.42. The summed E-state index contributed by atoms with van der Waals surface area (Å²) in [6.07, 6.45) is 3.69. The Balaban J connectivity index is 2.06. The molecule has 1 aromatic heterocycles. The van der Waals surface area contributed by atoms with Crippen molar-refractivity contribution in [2.45, 2.75) is 45.1 Å². The van der Waals surface area contributed by atoms with Crippen LogP contribution in [0.5, 0.6) is 0 Å². The number of nitrogens with one attached hydrogen (secondary N) is 1. The quantitative estimate of drug-likeness (QED) is 0.818. The minimum atomic E-state index is -1.02. The summed E-state index contributed by atoms with van der Waals surface area (Å²) in [7, 11) is 0. The Morgan fingerprint density at radius 1 is 1.53 bits per heavy atom. The van der Waals surface area contributed by atoms with Gasteiger partial charge in [-0.2, -0.15) is 0 Å². The van der Waals surface area contributed by atoms with E-state index in [0.29, 0.717) is 17.7 Å². The maximum atomic E-state index is 12.1. The number of hydrogen-bond acceptors (Lipinski definition) is 4. The zero-order valence-electron chi connectivity index (χ0n) is 11.0. The molecule has 1 fully saturated rings. The molecule has 1 amide bonds. The molecule has 0 radical (unpaired) electrons. The molecule has 1 aliphatic rings. The number of rotatable bonds is 6. The van der Waals surface area contributed by atoms with Gasteiger partial charge in [-0.1, -0.05) is 19.0 Å². The highest BCUT2D eigenvalue weighted by atomic mass is 16.5. The number of amides is 1. The maximum Gasteiger partial charge on any atom is 0.326 e. The highest BCUT2D eigenvalue weighted by Gasteiger charge is 2.32. The van der Waals surface area contributed by atoms with Crippen LogP contribution in [0.4, 0.5) is 0 Å². The summed E-state index contributed by atoms with van der Waals surface area (Å²) in [4.78, 5) is 23.2. The summed E-state index contributed by atoms with van der Waals surface area (Å²) in [5.74, 6) is -0.970. The van der Waals surface area contributed by atoms with E-state index in [1.54, 1.807) is 0 Å². The molecule has 104 valence electrons. The molecule has 6 heteroatoms. The van der Waals surface area contributed by atoms with Gasteiger partial charge < -0.3 is 14.9 Å². The van der Waals surface area contributed by atoms with Crippen molar-refractivity contribution >= 4 is 11.9 Å². The average Bonchev–Trinajstić information content (AvgIpc) is 3.05. The van der Waals surface area contributed by atoms with Gasteiger partial charge in [0.15, 0.2) is 0 Å². The van der Waals surface area contributed by atoms with Crippen molar-refractivity contribution in [3.8, 4) is 0 Å². The fraction of sp³-hybridized carbons (Fsp3) is 0.615. The Morgan fingerprint density at radius 2 is 2.21 bits per heavy atom. The molecule has 0 aromatic carbocycles. The first kappa shape index (κ1) is 13.6. The molecule has 6 nitrogen and oxygen atoms in total. The summed E-state index contributed by atoms with van der Waals surface area (Å²) in [6, 6.07) is -0.880. The van der Waals surface area contributed by atoms with Gasteiger partial charge in [-0.25, -0.2) is 4.79 Å². The number of aliphatic carboxylic acids is 1. The topological polar surface area (TPSA) is 92.4 Å². The average molecular weight is 266 g/mol. The third-order valence-corrected chi connectivity index (χ3v) is 3.12. The zero-order chi connectivity index (χ0) is 14.0. The normalized spacial score (nSPS) is 16.4. The molecular formula is C13H18N2O4. The van der Waals surface area contributed by atoms with Gasteiger partial charge in [-0.05, 0) is 25.2 Å². The SMILES string of the molecule is CC(C)C[C@@H](NC(=O)c1conc1C1CC1)C(=O)O. The minimum Gasteiger partial charge on any atom is -0.480 e. The van der Waals surface area contributed by atoms with Crippen LogP contribution in [0.1, 0.15) is 55.1 Å². The Hall–Kier alpha value is -1.85. The number of carboxylic acid groups (broad SMARTS) is 1. The first-order valence-electron chi connectivity index (χ1n) is 6.47. The second-order valence-corrected chi connectivity index (χ2v) is 5.38. The molecule has 0 bridgehead atoms. The van der Waals surface area contributed by atoms with Crippen molar-refractivity contribution in [3.63, 3.8) is 0 Å². The van der Waals surface area contributed by atoms with Crippen molar-refractivity contribution in [3.05, 3.63) is 17.5 Å². The summed E-state index contributed by atoms with van der Waals surface area (Å²) < 4.78 is 4.83. The van der Waals surface area contributed by atoms with Gasteiger partial charge in [-0.15, -0.1) is 0 Å². The molecule has 0 saturated heterocycles. The van der Waals surface area contributed by atoms with Crippen molar-refractivity contribution in [2.24, 2.45) is 5.92 Å². The van der Waals surface area contributed by atoms with Gasteiger partial charge in [0.25, 0.3) is 5.91 Å². The summed E-state index contributed by atoms with van der Waals surface area (Å²) in [5.41, 5.74) is 1.00. The molecule has 2 N–H and O–H groups in total. The van der Waals surface area contributed by atoms with Gasteiger partial charge >= 0.3 is 5.97 Å². The molecule has 1 aromatic rings. The molecule has 0 aliphatic heterocycles. The number of nitrogens with zero attached hydrogens (tertiary/aromatic N) is 1. The number of carbonyl (C=O) groups excluding carboxylic acids is 1. The number of carboxylic acids is 1. The van der Waals surface area contributed by atoms with Crippen LogP contribution in [-0.4, -0.2) is 28.2 Å². The van der Waals surface area contributed by atoms with Crippen molar-refractivity contribution in [1.29, 1.82) is 0 Å². The molecular weight excluding hydrogens is 248 g/mol. The smallest absolute Gasteiger partial charge is 0.326 e. The van der Waals surface area contributed by atoms with Crippen LogP contribution in [0, 0.1) is 5.92 Å². The van der Waals surface area contributed by atoms with E-state index < -0.39 is 17.9 Å². The maximum absolute atomic E-state index is 12.1. The predicted octanol–water partition coefficient (Wildman–Crippen LogP) is 1.78. The third-order valence-electron chi connectivity index (χ3n) is 3.12. The van der Waals surface area contributed by atoms with Crippen LogP contribution in [0.3, 0.4) is 0 Å². The van der Waals surface area contributed by atoms with E-state index in [9.17, 15) is 9.59 Å². The van der Waals surface area contributed by atoms with E-state index in [-0.39, 0.29) is 11.8 Å². The minimum absolute atomic E-state index is 0.187. The van der Waals surface area contributed by atoms with E-state index in [2.05, 4.69) is 10.5 Å². The lowest BCUT2D eigenvalue weighted by Crippen LogP contribution is -2.41. The van der Waals surface area contributed by atoms with Crippen LogP contribution in [0.2, 0.25) is 0 Å². The largest absolute Gasteiger partial charge is 0.480 e. The molecule has 1 aliphatic carbocycles. The Labute approximate surface area is 111 Å². The van der Waals surface area contributed by atoms with Crippen LogP contribution in [0.15, 0.2) is 10.8 Å². The first-order valence-corrected chi connectivity index (χ1v) is 6.47. The molecule has 1 saturated carbocycles. The molecule has 1 atom stereocenters. The van der Waals surface area contributed by atoms with E-state index in [1.165, 1.54) is 6.26 Å². The summed E-state index contributed by atoms with van der Waals surface area (Å²) in [5, 5.41) is 15.5. The van der Waals surface area contributed by atoms with Gasteiger partial charge in [0, 0.05) is 5.92 Å². The standard InChI is InChI=1S/C13H18N2O4/c1-7(2)5-10(13(17)18)14-12(16)9-6-19-15-11(9)8-3-4-8/h6-8,10H,3-5H2,1-2H3,(H,14,16)(H,17,18)/t10-/m1/s1. The predicted molar refractivity (Wildman–Crippen MR) is 66.8 cm³/mol. The molecule has 2 rings (SSSR count). The highest BCUT2D eigenvalue weighted by molar-refractivity contribution is 5.97. The Morgan fingerprint density at radius 3 is 2.74 bits per heavy atom.